The molecule has 0 bridgehead atoms. The van der Waals surface area contributed by atoms with Gasteiger partial charge < -0.3 is 24.4 Å². The van der Waals surface area contributed by atoms with Crippen LogP contribution >= 0.6 is 0 Å². The van der Waals surface area contributed by atoms with Gasteiger partial charge in [-0.3, -0.25) is 9.59 Å². The molecule has 9 nitrogen and oxygen atoms in total. The molecule has 0 saturated heterocycles. The maximum absolute atomic E-state index is 13.6. The molecule has 0 aliphatic heterocycles. The summed E-state index contributed by atoms with van der Waals surface area (Å²) in [5.74, 6) is 1.61. The van der Waals surface area contributed by atoms with E-state index in [1.807, 2.05) is 74.5 Å². The number of nitrogens with zero attached hydrogens (tertiary/aromatic N) is 3. The van der Waals surface area contributed by atoms with Crippen LogP contribution in [0, 0.1) is 5.92 Å². The largest absolute Gasteiger partial charge is 0.497 e. The van der Waals surface area contributed by atoms with Crippen LogP contribution < -0.4 is 19.5 Å². The monoisotopic (exact) mass is 542 g/mol. The van der Waals surface area contributed by atoms with Crippen molar-refractivity contribution in [3.8, 4) is 34.2 Å². The molecule has 9 heteroatoms. The molecular weight excluding hydrogens is 508 g/mol. The summed E-state index contributed by atoms with van der Waals surface area (Å²) >= 11 is 0. The van der Waals surface area contributed by atoms with Crippen LogP contribution in [-0.2, 0) is 4.79 Å². The summed E-state index contributed by atoms with van der Waals surface area (Å²) in [6, 6.07) is 23.9. The van der Waals surface area contributed by atoms with Crippen molar-refractivity contribution in [3.63, 3.8) is 0 Å². The zero-order valence-corrected chi connectivity index (χ0v) is 23.4. The molecule has 1 aromatic heterocycles. The lowest BCUT2D eigenvalue weighted by Crippen LogP contribution is -2.40. The van der Waals surface area contributed by atoms with Crippen molar-refractivity contribution >= 4 is 17.6 Å². The van der Waals surface area contributed by atoms with Crippen molar-refractivity contribution in [2.75, 3.05) is 39.7 Å². The third-order valence-electron chi connectivity index (χ3n) is 6.21. The lowest BCUT2D eigenvalue weighted by molar-refractivity contribution is -0.117. The molecular formula is C31H34N4O5. The van der Waals surface area contributed by atoms with E-state index in [1.54, 1.807) is 37.1 Å². The summed E-state index contributed by atoms with van der Waals surface area (Å²) in [5.41, 5.74) is 2.71. The van der Waals surface area contributed by atoms with Gasteiger partial charge in [0.05, 0.1) is 38.3 Å². The first-order chi connectivity index (χ1) is 19.3. The number of amides is 2. The first-order valence-electron chi connectivity index (χ1n) is 12.9. The molecule has 208 valence electrons. The molecule has 4 aromatic rings. The summed E-state index contributed by atoms with van der Waals surface area (Å²) in [7, 11) is 4.65. The van der Waals surface area contributed by atoms with Crippen molar-refractivity contribution in [1.29, 1.82) is 0 Å². The van der Waals surface area contributed by atoms with Gasteiger partial charge in [-0.25, -0.2) is 4.68 Å². The highest BCUT2D eigenvalue weighted by Crippen LogP contribution is 2.28. The topological polar surface area (TPSA) is 94.9 Å². The van der Waals surface area contributed by atoms with Crippen LogP contribution in [0.1, 0.15) is 24.2 Å². The normalized spacial score (nSPS) is 10.8. The second-order valence-corrected chi connectivity index (χ2v) is 9.58. The summed E-state index contributed by atoms with van der Waals surface area (Å²) in [4.78, 5) is 28.5. The molecule has 1 N–H and O–H groups in total. The molecule has 0 aliphatic carbocycles. The van der Waals surface area contributed by atoms with Crippen molar-refractivity contribution in [2.24, 2.45) is 5.92 Å². The number of rotatable bonds is 11. The van der Waals surface area contributed by atoms with Gasteiger partial charge in [0.15, 0.2) is 0 Å². The van der Waals surface area contributed by atoms with Crippen LogP contribution in [-0.4, -0.2) is 60.9 Å². The van der Waals surface area contributed by atoms with Crippen molar-refractivity contribution in [1.82, 2.24) is 14.7 Å². The fourth-order valence-electron chi connectivity index (χ4n) is 4.30. The molecule has 0 atom stereocenters. The van der Waals surface area contributed by atoms with Gasteiger partial charge in [0.1, 0.15) is 29.6 Å². The first-order valence-corrected chi connectivity index (χ1v) is 12.9. The molecule has 3 aromatic carbocycles. The predicted octanol–water partition coefficient (Wildman–Crippen LogP) is 5.30. The van der Waals surface area contributed by atoms with E-state index in [-0.39, 0.29) is 24.3 Å². The zero-order chi connectivity index (χ0) is 28.6. The minimum Gasteiger partial charge on any atom is -0.497 e. The van der Waals surface area contributed by atoms with Crippen LogP contribution in [0.2, 0.25) is 0 Å². The quantitative estimate of drug-likeness (QED) is 0.276. The van der Waals surface area contributed by atoms with E-state index in [2.05, 4.69) is 5.32 Å². The Kier molecular flexibility index (Phi) is 9.06. The average molecular weight is 543 g/mol. The van der Waals surface area contributed by atoms with Crippen LogP contribution in [0.15, 0.2) is 78.9 Å². The Morgan fingerprint density at radius 2 is 1.55 bits per heavy atom. The van der Waals surface area contributed by atoms with E-state index in [9.17, 15) is 9.59 Å². The predicted molar refractivity (Wildman–Crippen MR) is 154 cm³/mol. The van der Waals surface area contributed by atoms with Gasteiger partial charge in [-0.2, -0.15) is 5.10 Å². The molecule has 4 rings (SSSR count). The van der Waals surface area contributed by atoms with E-state index in [0.717, 1.165) is 11.3 Å². The molecule has 40 heavy (non-hydrogen) atoms. The lowest BCUT2D eigenvalue weighted by Gasteiger charge is -2.25. The van der Waals surface area contributed by atoms with Gasteiger partial charge in [-0.05, 0) is 42.3 Å². The van der Waals surface area contributed by atoms with E-state index in [4.69, 9.17) is 19.3 Å². The minimum atomic E-state index is -0.351. The maximum Gasteiger partial charge on any atom is 0.258 e. The highest BCUT2D eigenvalue weighted by Gasteiger charge is 2.24. The number of anilines is 1. The standard InChI is InChI=1S/C31H34N4O5/c1-21(2)19-34(31(37)26-16-15-25(39-4)17-28(26)40-5)20-30(36)32-29-18-27(22-9-7-6-8-10-22)33-35(29)23-11-13-24(38-3)14-12-23/h6-18,21H,19-20H2,1-5H3,(H,32,36). The smallest absolute Gasteiger partial charge is 0.258 e. The van der Waals surface area contributed by atoms with E-state index >= 15 is 0 Å². The highest BCUT2D eigenvalue weighted by molar-refractivity contribution is 6.01. The number of hydrogen-bond donors (Lipinski definition) is 1. The summed E-state index contributed by atoms with van der Waals surface area (Å²) < 4.78 is 17.7. The molecule has 0 radical (unpaired) electrons. The summed E-state index contributed by atoms with van der Waals surface area (Å²) in [6.07, 6.45) is 0. The second-order valence-electron chi connectivity index (χ2n) is 9.58. The fourth-order valence-corrected chi connectivity index (χ4v) is 4.30. The van der Waals surface area contributed by atoms with E-state index in [1.165, 1.54) is 12.0 Å². The van der Waals surface area contributed by atoms with Crippen molar-refractivity contribution < 1.29 is 23.8 Å². The Hall–Kier alpha value is -4.79. The van der Waals surface area contributed by atoms with Gasteiger partial charge in [0.2, 0.25) is 5.91 Å². The number of carbonyl (C=O) groups is 2. The molecule has 0 saturated carbocycles. The number of ether oxygens (including phenoxy) is 3. The van der Waals surface area contributed by atoms with E-state index in [0.29, 0.717) is 40.9 Å². The molecule has 0 aliphatic rings. The third-order valence-corrected chi connectivity index (χ3v) is 6.21. The molecule has 2 amide bonds. The Labute approximate surface area is 234 Å². The second kappa shape index (κ2) is 12.8. The Bertz CT molecular complexity index is 1450. The Balaban J connectivity index is 1.62. The molecule has 0 fully saturated rings. The number of nitrogens with one attached hydrogen (secondary N) is 1. The molecule has 0 spiro atoms. The Morgan fingerprint density at radius 3 is 2.17 bits per heavy atom. The van der Waals surface area contributed by atoms with Crippen LogP contribution in [0.3, 0.4) is 0 Å². The molecule has 1 heterocycles. The van der Waals surface area contributed by atoms with Gasteiger partial charge in [0.25, 0.3) is 5.91 Å². The van der Waals surface area contributed by atoms with E-state index < -0.39 is 0 Å². The number of hydrogen-bond acceptors (Lipinski definition) is 6. The van der Waals surface area contributed by atoms with Crippen molar-refractivity contribution in [3.05, 3.63) is 84.4 Å². The summed E-state index contributed by atoms with van der Waals surface area (Å²) in [5, 5.41) is 7.73. The third kappa shape index (κ3) is 6.61. The van der Waals surface area contributed by atoms with Crippen molar-refractivity contribution in [2.45, 2.75) is 13.8 Å². The minimum absolute atomic E-state index is 0.135. The first kappa shape index (κ1) is 28.2. The Morgan fingerprint density at radius 1 is 0.875 bits per heavy atom. The SMILES string of the molecule is COc1ccc(-n2nc(-c3ccccc3)cc2NC(=O)CN(CC(C)C)C(=O)c2ccc(OC)cc2OC)cc1. The average Bonchev–Trinajstić information content (AvgIpc) is 3.39. The number of methoxy groups -OCH3 is 3. The summed E-state index contributed by atoms with van der Waals surface area (Å²) in [6.45, 7) is 4.22. The molecule has 0 unspecified atom stereocenters. The highest BCUT2D eigenvalue weighted by atomic mass is 16.5. The lowest BCUT2D eigenvalue weighted by atomic mass is 10.1. The maximum atomic E-state index is 13.6. The van der Waals surface area contributed by atoms with Crippen LogP contribution in [0.25, 0.3) is 16.9 Å². The van der Waals surface area contributed by atoms with Gasteiger partial charge >= 0.3 is 0 Å². The van der Waals surface area contributed by atoms with Gasteiger partial charge in [0, 0.05) is 24.2 Å². The number of aromatic nitrogens is 2. The fraction of sp³-hybridized carbons (Fsp3) is 0.258. The van der Waals surface area contributed by atoms with Gasteiger partial charge in [-0.15, -0.1) is 0 Å². The van der Waals surface area contributed by atoms with Crippen LogP contribution in [0.4, 0.5) is 5.82 Å². The zero-order valence-electron chi connectivity index (χ0n) is 23.4. The van der Waals surface area contributed by atoms with Crippen LogP contribution in [0.5, 0.6) is 17.2 Å². The number of benzene rings is 3. The van der Waals surface area contributed by atoms with Gasteiger partial charge in [-0.1, -0.05) is 44.2 Å². The number of carbonyl (C=O) groups excluding carboxylic acids is 2.